The lowest BCUT2D eigenvalue weighted by molar-refractivity contribution is -0.126. The van der Waals surface area contributed by atoms with Gasteiger partial charge in [0.15, 0.2) is 0 Å². The molecule has 2 aromatic rings. The number of hydrogen-bond donors (Lipinski definition) is 2. The maximum Gasteiger partial charge on any atom is 0.253 e. The Morgan fingerprint density at radius 1 is 1.22 bits per heavy atom. The molecule has 1 aliphatic rings. The van der Waals surface area contributed by atoms with Crippen molar-refractivity contribution in [1.82, 2.24) is 10.3 Å². The first-order valence-electron chi connectivity index (χ1n) is 9.25. The molecule has 0 bridgehead atoms. The van der Waals surface area contributed by atoms with Crippen molar-refractivity contribution in [2.24, 2.45) is 5.92 Å². The summed E-state index contributed by atoms with van der Waals surface area (Å²) in [4.78, 5) is 41.4. The summed E-state index contributed by atoms with van der Waals surface area (Å²) in [5.74, 6) is -0.660. The first kappa shape index (κ1) is 18.9. The first-order valence-corrected chi connectivity index (χ1v) is 9.25. The number of rotatable bonds is 5. The summed E-state index contributed by atoms with van der Waals surface area (Å²) >= 11 is 0. The van der Waals surface area contributed by atoms with Crippen molar-refractivity contribution in [3.05, 3.63) is 63.1 Å². The highest BCUT2D eigenvalue weighted by molar-refractivity contribution is 6.00. The summed E-state index contributed by atoms with van der Waals surface area (Å²) in [6.07, 6.45) is 1.13. The molecule has 1 saturated heterocycles. The molecule has 0 spiro atoms. The van der Waals surface area contributed by atoms with E-state index in [4.69, 9.17) is 0 Å². The van der Waals surface area contributed by atoms with Crippen LogP contribution in [0.15, 0.2) is 35.1 Å². The number of amides is 2. The molecule has 2 amide bonds. The van der Waals surface area contributed by atoms with Gasteiger partial charge in [-0.1, -0.05) is 19.1 Å². The van der Waals surface area contributed by atoms with Crippen molar-refractivity contribution in [1.29, 1.82) is 0 Å². The largest absolute Gasteiger partial charge is 0.351 e. The number of H-pyrrole nitrogens is 1. The minimum Gasteiger partial charge on any atom is -0.351 e. The third-order valence-corrected chi connectivity index (χ3v) is 5.09. The third kappa shape index (κ3) is 4.10. The van der Waals surface area contributed by atoms with E-state index in [1.807, 2.05) is 44.2 Å². The lowest BCUT2D eigenvalue weighted by atomic mass is 10.1. The molecule has 1 aliphatic heterocycles. The Morgan fingerprint density at radius 3 is 2.56 bits per heavy atom. The van der Waals surface area contributed by atoms with Crippen LogP contribution in [0.3, 0.4) is 0 Å². The molecule has 0 radical (unpaired) electrons. The van der Waals surface area contributed by atoms with Gasteiger partial charge in [-0.05, 0) is 49.6 Å². The molecule has 6 nitrogen and oxygen atoms in total. The Hall–Kier alpha value is -2.89. The molecule has 0 unspecified atom stereocenters. The molecule has 2 N–H and O–H groups in total. The summed E-state index contributed by atoms with van der Waals surface area (Å²) in [6.45, 7) is 6.28. The Bertz CT molecular complexity index is 915. The van der Waals surface area contributed by atoms with E-state index in [1.54, 1.807) is 4.90 Å². The van der Waals surface area contributed by atoms with Crippen LogP contribution in [-0.4, -0.2) is 23.3 Å². The summed E-state index contributed by atoms with van der Waals surface area (Å²) in [7, 11) is 0. The van der Waals surface area contributed by atoms with Gasteiger partial charge in [0.05, 0.1) is 5.92 Å². The van der Waals surface area contributed by atoms with E-state index in [9.17, 15) is 14.4 Å². The fourth-order valence-electron chi connectivity index (χ4n) is 3.47. The Kier molecular flexibility index (Phi) is 5.44. The topological polar surface area (TPSA) is 82.3 Å². The van der Waals surface area contributed by atoms with E-state index in [0.717, 1.165) is 23.4 Å². The summed E-state index contributed by atoms with van der Waals surface area (Å²) in [6, 6.07) is 9.73. The molecule has 0 aliphatic carbocycles. The number of carbonyl (C=O) groups is 2. The van der Waals surface area contributed by atoms with Crippen molar-refractivity contribution < 1.29 is 9.59 Å². The predicted molar refractivity (Wildman–Crippen MR) is 105 cm³/mol. The predicted octanol–water partition coefficient (Wildman–Crippen LogP) is 2.22. The molecule has 27 heavy (non-hydrogen) atoms. The van der Waals surface area contributed by atoms with E-state index in [-0.39, 0.29) is 30.3 Å². The van der Waals surface area contributed by atoms with Crippen molar-refractivity contribution in [3.8, 4) is 0 Å². The molecule has 142 valence electrons. The number of aryl methyl sites for hydroxylation is 3. The Balaban J connectivity index is 1.64. The highest BCUT2D eigenvalue weighted by atomic mass is 16.2. The van der Waals surface area contributed by atoms with E-state index < -0.39 is 5.92 Å². The molecule has 1 aromatic carbocycles. The number of hydrogen-bond acceptors (Lipinski definition) is 3. The van der Waals surface area contributed by atoms with Gasteiger partial charge in [-0.2, -0.15) is 0 Å². The maximum atomic E-state index is 12.5. The lowest BCUT2D eigenvalue weighted by Crippen LogP contribution is -2.34. The zero-order valence-corrected chi connectivity index (χ0v) is 16.0. The summed E-state index contributed by atoms with van der Waals surface area (Å²) in [5, 5.41) is 2.82. The van der Waals surface area contributed by atoms with Crippen LogP contribution in [0.1, 0.15) is 35.7 Å². The highest BCUT2D eigenvalue weighted by Gasteiger charge is 2.35. The van der Waals surface area contributed by atoms with E-state index in [2.05, 4.69) is 17.2 Å². The summed E-state index contributed by atoms with van der Waals surface area (Å²) in [5.41, 5.74) is 4.02. The van der Waals surface area contributed by atoms with Crippen LogP contribution in [0.4, 0.5) is 5.69 Å². The number of aromatic nitrogens is 1. The molecule has 0 saturated carbocycles. The average molecular weight is 367 g/mol. The highest BCUT2D eigenvalue weighted by Crippen LogP contribution is 2.25. The molecular formula is C21H25N3O3. The van der Waals surface area contributed by atoms with Crippen LogP contribution in [0, 0.1) is 19.8 Å². The third-order valence-electron chi connectivity index (χ3n) is 5.09. The second-order valence-electron chi connectivity index (χ2n) is 7.09. The van der Waals surface area contributed by atoms with E-state index in [1.165, 1.54) is 5.56 Å². The second kappa shape index (κ2) is 7.78. The van der Waals surface area contributed by atoms with E-state index >= 15 is 0 Å². The van der Waals surface area contributed by atoms with Crippen LogP contribution in [0.2, 0.25) is 0 Å². The monoisotopic (exact) mass is 367 g/mol. The zero-order valence-electron chi connectivity index (χ0n) is 16.0. The quantitative estimate of drug-likeness (QED) is 0.850. The number of pyridine rings is 1. The lowest BCUT2D eigenvalue weighted by Gasteiger charge is -2.17. The smallest absolute Gasteiger partial charge is 0.253 e. The number of benzene rings is 1. The van der Waals surface area contributed by atoms with Crippen molar-refractivity contribution in [2.45, 2.75) is 40.2 Å². The van der Waals surface area contributed by atoms with Gasteiger partial charge in [0.25, 0.3) is 5.56 Å². The molecule has 3 rings (SSSR count). The number of nitrogens with one attached hydrogen (secondary N) is 2. The standard InChI is InChI=1S/C21H25N3O3/c1-4-15-5-7-17(8-6-15)24-12-16(10-19(24)25)20(26)22-11-18-13(2)9-14(3)23-21(18)27/h5-9,16H,4,10-12H2,1-3H3,(H,22,26)(H,23,27)/t16-/m1/s1. The minimum absolute atomic E-state index is 0.0521. The van der Waals surface area contributed by atoms with Gasteiger partial charge in [-0.25, -0.2) is 0 Å². The zero-order chi connectivity index (χ0) is 19.6. The maximum absolute atomic E-state index is 12.5. The van der Waals surface area contributed by atoms with Crippen LogP contribution in [-0.2, 0) is 22.6 Å². The van der Waals surface area contributed by atoms with Gasteiger partial charge >= 0.3 is 0 Å². The SMILES string of the molecule is CCc1ccc(N2C[C@H](C(=O)NCc3c(C)cc(C)[nH]c3=O)CC2=O)cc1. The van der Waals surface area contributed by atoms with Gasteiger partial charge in [-0.3, -0.25) is 14.4 Å². The molecular weight excluding hydrogens is 342 g/mol. The second-order valence-corrected chi connectivity index (χ2v) is 7.09. The summed E-state index contributed by atoms with van der Waals surface area (Å²) < 4.78 is 0. The molecule has 2 heterocycles. The van der Waals surface area contributed by atoms with Crippen LogP contribution >= 0.6 is 0 Å². The van der Waals surface area contributed by atoms with E-state index in [0.29, 0.717) is 12.1 Å². The number of aromatic amines is 1. The van der Waals surface area contributed by atoms with Crippen LogP contribution < -0.4 is 15.8 Å². The molecule has 1 aromatic heterocycles. The molecule has 1 fully saturated rings. The van der Waals surface area contributed by atoms with Crippen molar-refractivity contribution >= 4 is 17.5 Å². The van der Waals surface area contributed by atoms with Gasteiger partial charge in [0, 0.05) is 36.5 Å². The Labute approximate surface area is 158 Å². The van der Waals surface area contributed by atoms with Crippen molar-refractivity contribution in [2.75, 3.05) is 11.4 Å². The number of anilines is 1. The van der Waals surface area contributed by atoms with Gasteiger partial charge in [-0.15, -0.1) is 0 Å². The van der Waals surface area contributed by atoms with Crippen LogP contribution in [0.25, 0.3) is 0 Å². The number of nitrogens with zero attached hydrogens (tertiary/aromatic N) is 1. The van der Waals surface area contributed by atoms with Crippen LogP contribution in [0.5, 0.6) is 0 Å². The number of carbonyl (C=O) groups excluding carboxylic acids is 2. The normalized spacial score (nSPS) is 16.6. The first-order chi connectivity index (χ1) is 12.9. The minimum atomic E-state index is -0.409. The molecule has 1 atom stereocenters. The fourth-order valence-corrected chi connectivity index (χ4v) is 3.47. The van der Waals surface area contributed by atoms with Gasteiger partial charge in [0.2, 0.25) is 11.8 Å². The van der Waals surface area contributed by atoms with Gasteiger partial charge in [0.1, 0.15) is 0 Å². The average Bonchev–Trinajstić information content (AvgIpc) is 3.02. The Morgan fingerprint density at radius 2 is 1.93 bits per heavy atom. The van der Waals surface area contributed by atoms with Gasteiger partial charge < -0.3 is 15.2 Å². The van der Waals surface area contributed by atoms with Crippen molar-refractivity contribution in [3.63, 3.8) is 0 Å². The molecule has 6 heteroatoms. The fraction of sp³-hybridized carbons (Fsp3) is 0.381.